The third-order valence-electron chi connectivity index (χ3n) is 3.53. The Morgan fingerprint density at radius 1 is 1.41 bits per heavy atom. The van der Waals surface area contributed by atoms with Crippen LogP contribution in [0.5, 0.6) is 0 Å². The van der Waals surface area contributed by atoms with E-state index in [0.29, 0.717) is 0 Å². The maximum atomic E-state index is 3.53. The summed E-state index contributed by atoms with van der Waals surface area (Å²) in [6.45, 7) is 9.14. The van der Waals surface area contributed by atoms with E-state index in [0.717, 1.165) is 32.6 Å². The Morgan fingerprint density at radius 2 is 2.24 bits per heavy atom. The van der Waals surface area contributed by atoms with Crippen LogP contribution in [0.2, 0.25) is 0 Å². The van der Waals surface area contributed by atoms with E-state index in [1.807, 2.05) is 0 Å². The molecule has 1 heterocycles. The van der Waals surface area contributed by atoms with Crippen molar-refractivity contribution in [2.45, 2.75) is 25.8 Å². The molecule has 17 heavy (non-hydrogen) atoms. The zero-order chi connectivity index (χ0) is 12.3. The first-order valence-corrected chi connectivity index (χ1v) is 7.07. The van der Waals surface area contributed by atoms with Crippen molar-refractivity contribution in [1.29, 1.82) is 0 Å². The number of benzene rings is 1. The summed E-state index contributed by atoms with van der Waals surface area (Å²) in [7, 11) is 0. The van der Waals surface area contributed by atoms with Crippen molar-refractivity contribution in [2.75, 3.05) is 26.2 Å². The zero-order valence-electron chi connectivity index (χ0n) is 10.7. The minimum Gasteiger partial charge on any atom is -0.314 e. The summed E-state index contributed by atoms with van der Waals surface area (Å²) in [6, 6.07) is 8.62. The minimum atomic E-state index is 0.282. The highest BCUT2D eigenvalue weighted by Gasteiger charge is 2.28. The molecular weight excluding hydrogens is 276 g/mol. The largest absolute Gasteiger partial charge is 0.314 e. The van der Waals surface area contributed by atoms with Gasteiger partial charge in [0.1, 0.15) is 0 Å². The maximum absolute atomic E-state index is 3.53. The van der Waals surface area contributed by atoms with Crippen LogP contribution in [-0.4, -0.2) is 36.6 Å². The van der Waals surface area contributed by atoms with Crippen LogP contribution < -0.4 is 5.32 Å². The second kappa shape index (κ2) is 5.51. The molecule has 0 saturated carbocycles. The van der Waals surface area contributed by atoms with Crippen molar-refractivity contribution in [3.8, 4) is 0 Å². The van der Waals surface area contributed by atoms with E-state index in [4.69, 9.17) is 0 Å². The lowest BCUT2D eigenvalue weighted by Gasteiger charge is -2.43. The first-order valence-electron chi connectivity index (χ1n) is 6.28. The highest BCUT2D eigenvalue weighted by atomic mass is 79.9. The molecule has 0 spiro atoms. The SMILES string of the molecule is CC1(C)CNCCN1CCc1cccc(Br)c1. The lowest BCUT2D eigenvalue weighted by molar-refractivity contribution is 0.0921. The molecule has 0 radical (unpaired) electrons. The number of rotatable bonds is 3. The quantitative estimate of drug-likeness (QED) is 0.923. The van der Waals surface area contributed by atoms with Gasteiger partial charge in [0.25, 0.3) is 0 Å². The van der Waals surface area contributed by atoms with Crippen LogP contribution in [0, 0.1) is 0 Å². The van der Waals surface area contributed by atoms with Gasteiger partial charge >= 0.3 is 0 Å². The van der Waals surface area contributed by atoms with E-state index in [-0.39, 0.29) is 5.54 Å². The normalized spacial score (nSPS) is 20.4. The van der Waals surface area contributed by atoms with E-state index in [1.54, 1.807) is 0 Å². The van der Waals surface area contributed by atoms with Crippen molar-refractivity contribution < 1.29 is 0 Å². The smallest absolute Gasteiger partial charge is 0.0278 e. The van der Waals surface area contributed by atoms with Gasteiger partial charge in [0.15, 0.2) is 0 Å². The van der Waals surface area contributed by atoms with Gasteiger partial charge in [-0.2, -0.15) is 0 Å². The summed E-state index contributed by atoms with van der Waals surface area (Å²) in [4.78, 5) is 2.59. The Balaban J connectivity index is 1.93. The van der Waals surface area contributed by atoms with Gasteiger partial charge in [-0.25, -0.2) is 0 Å². The van der Waals surface area contributed by atoms with E-state index < -0.39 is 0 Å². The van der Waals surface area contributed by atoms with Gasteiger partial charge in [0.05, 0.1) is 0 Å². The second-order valence-electron chi connectivity index (χ2n) is 5.36. The fourth-order valence-electron chi connectivity index (χ4n) is 2.39. The number of nitrogens with one attached hydrogen (secondary N) is 1. The molecule has 0 aromatic heterocycles. The molecule has 2 rings (SSSR count). The van der Waals surface area contributed by atoms with Crippen LogP contribution in [0.25, 0.3) is 0 Å². The Labute approximate surface area is 113 Å². The summed E-state index contributed by atoms with van der Waals surface area (Å²) in [5.74, 6) is 0. The zero-order valence-corrected chi connectivity index (χ0v) is 12.3. The molecule has 3 heteroatoms. The molecule has 0 bridgehead atoms. The van der Waals surface area contributed by atoms with Crippen LogP contribution in [0.3, 0.4) is 0 Å². The van der Waals surface area contributed by atoms with Gasteiger partial charge in [-0.1, -0.05) is 28.1 Å². The number of nitrogens with zero attached hydrogens (tertiary/aromatic N) is 1. The molecule has 1 aliphatic heterocycles. The topological polar surface area (TPSA) is 15.3 Å². The molecule has 1 aromatic rings. The van der Waals surface area contributed by atoms with Crippen molar-refractivity contribution >= 4 is 15.9 Å². The first-order chi connectivity index (χ1) is 8.08. The van der Waals surface area contributed by atoms with E-state index in [9.17, 15) is 0 Å². The summed E-state index contributed by atoms with van der Waals surface area (Å²) < 4.78 is 1.18. The standard InChI is InChI=1S/C14H21BrN2/c1-14(2)11-16-7-9-17(14)8-6-12-4-3-5-13(15)10-12/h3-5,10,16H,6-9,11H2,1-2H3. The second-order valence-corrected chi connectivity index (χ2v) is 6.27. The average molecular weight is 297 g/mol. The highest BCUT2D eigenvalue weighted by molar-refractivity contribution is 9.10. The van der Waals surface area contributed by atoms with Gasteiger partial charge in [0.2, 0.25) is 0 Å². The summed E-state index contributed by atoms with van der Waals surface area (Å²) in [5, 5.41) is 3.46. The van der Waals surface area contributed by atoms with Gasteiger partial charge in [-0.3, -0.25) is 4.90 Å². The number of hydrogen-bond donors (Lipinski definition) is 1. The molecule has 2 nitrogen and oxygen atoms in total. The molecule has 1 aliphatic rings. The van der Waals surface area contributed by atoms with Crippen LogP contribution >= 0.6 is 15.9 Å². The molecule has 1 fully saturated rings. The Morgan fingerprint density at radius 3 is 2.94 bits per heavy atom. The van der Waals surface area contributed by atoms with Gasteiger partial charge in [-0.05, 0) is 38.0 Å². The molecule has 1 saturated heterocycles. The molecule has 0 aliphatic carbocycles. The summed E-state index contributed by atoms with van der Waals surface area (Å²) in [6.07, 6.45) is 1.13. The molecule has 0 unspecified atom stereocenters. The van der Waals surface area contributed by atoms with E-state index >= 15 is 0 Å². The van der Waals surface area contributed by atoms with E-state index in [2.05, 4.69) is 64.3 Å². The molecule has 0 amide bonds. The van der Waals surface area contributed by atoms with E-state index in [1.165, 1.54) is 10.0 Å². The first kappa shape index (κ1) is 13.1. The van der Waals surface area contributed by atoms with Crippen molar-refractivity contribution in [3.05, 3.63) is 34.3 Å². The molecule has 1 aromatic carbocycles. The Kier molecular flexibility index (Phi) is 4.23. The molecular formula is C14H21BrN2. The lowest BCUT2D eigenvalue weighted by atomic mass is 9.99. The van der Waals surface area contributed by atoms with Crippen molar-refractivity contribution in [3.63, 3.8) is 0 Å². The third-order valence-corrected chi connectivity index (χ3v) is 4.02. The number of piperazine rings is 1. The van der Waals surface area contributed by atoms with Gasteiger partial charge in [0, 0.05) is 36.2 Å². The molecule has 94 valence electrons. The van der Waals surface area contributed by atoms with Gasteiger partial charge < -0.3 is 5.32 Å². The van der Waals surface area contributed by atoms with Crippen LogP contribution in [-0.2, 0) is 6.42 Å². The molecule has 1 N–H and O–H groups in total. The maximum Gasteiger partial charge on any atom is 0.0278 e. The summed E-state index contributed by atoms with van der Waals surface area (Å²) in [5.41, 5.74) is 1.69. The minimum absolute atomic E-state index is 0.282. The van der Waals surface area contributed by atoms with Gasteiger partial charge in [-0.15, -0.1) is 0 Å². The Hall–Kier alpha value is -0.380. The average Bonchev–Trinajstić information content (AvgIpc) is 2.27. The lowest BCUT2D eigenvalue weighted by Crippen LogP contribution is -2.58. The van der Waals surface area contributed by atoms with Crippen LogP contribution in [0.4, 0.5) is 0 Å². The number of hydrogen-bond acceptors (Lipinski definition) is 2. The highest BCUT2D eigenvalue weighted by Crippen LogP contribution is 2.18. The monoisotopic (exact) mass is 296 g/mol. The Bertz CT molecular complexity index is 376. The summed E-state index contributed by atoms with van der Waals surface area (Å²) >= 11 is 3.53. The molecule has 0 atom stereocenters. The number of halogens is 1. The third kappa shape index (κ3) is 3.54. The van der Waals surface area contributed by atoms with Crippen LogP contribution in [0.1, 0.15) is 19.4 Å². The predicted octanol–water partition coefficient (Wildman–Crippen LogP) is 2.68. The fraction of sp³-hybridized carbons (Fsp3) is 0.571. The van der Waals surface area contributed by atoms with Crippen molar-refractivity contribution in [2.24, 2.45) is 0 Å². The van der Waals surface area contributed by atoms with Crippen molar-refractivity contribution in [1.82, 2.24) is 10.2 Å². The predicted molar refractivity (Wildman–Crippen MR) is 76.4 cm³/mol. The fourth-order valence-corrected chi connectivity index (χ4v) is 2.84. The van der Waals surface area contributed by atoms with Crippen LogP contribution in [0.15, 0.2) is 28.7 Å².